The summed E-state index contributed by atoms with van der Waals surface area (Å²) >= 11 is 0. The summed E-state index contributed by atoms with van der Waals surface area (Å²) in [6.45, 7) is 2.41. The molecule has 1 aromatic heterocycles. The van der Waals surface area contributed by atoms with Gasteiger partial charge in [0.15, 0.2) is 6.61 Å². The average molecular weight is 259 g/mol. The molecular formula is C14H17N3O2. The highest BCUT2D eigenvalue weighted by atomic mass is 16.5. The number of rotatable bonds is 5. The number of nitrogens with zero attached hydrogens (tertiary/aromatic N) is 2. The third-order valence-corrected chi connectivity index (χ3v) is 2.84. The van der Waals surface area contributed by atoms with E-state index in [-0.39, 0.29) is 12.5 Å². The zero-order chi connectivity index (χ0) is 13.7. The van der Waals surface area contributed by atoms with Crippen LogP contribution in [0.3, 0.4) is 0 Å². The van der Waals surface area contributed by atoms with Gasteiger partial charge in [-0.2, -0.15) is 5.10 Å². The lowest BCUT2D eigenvalue weighted by Crippen LogP contribution is -2.29. The molecule has 1 heterocycles. The van der Waals surface area contributed by atoms with Crippen molar-refractivity contribution in [3.8, 4) is 5.75 Å². The van der Waals surface area contributed by atoms with Crippen molar-refractivity contribution >= 4 is 5.91 Å². The maximum atomic E-state index is 11.7. The second-order valence-electron chi connectivity index (χ2n) is 4.28. The van der Waals surface area contributed by atoms with E-state index in [2.05, 4.69) is 10.4 Å². The topological polar surface area (TPSA) is 56.1 Å². The van der Waals surface area contributed by atoms with Gasteiger partial charge in [0.05, 0.1) is 12.2 Å². The molecule has 0 spiro atoms. The number of aromatic nitrogens is 2. The fourth-order valence-electron chi connectivity index (χ4n) is 1.68. The molecule has 0 atom stereocenters. The van der Waals surface area contributed by atoms with Crippen LogP contribution in [0.25, 0.3) is 0 Å². The van der Waals surface area contributed by atoms with Crippen LogP contribution in [0.1, 0.15) is 11.3 Å². The smallest absolute Gasteiger partial charge is 0.258 e. The first-order chi connectivity index (χ1) is 9.16. The molecule has 19 heavy (non-hydrogen) atoms. The number of carbonyl (C=O) groups excluding carboxylic acids is 1. The number of para-hydroxylation sites is 1. The predicted octanol–water partition coefficient (Wildman–Crippen LogP) is 1.42. The van der Waals surface area contributed by atoms with Crippen LogP contribution in [0, 0.1) is 6.92 Å². The summed E-state index contributed by atoms with van der Waals surface area (Å²) in [4.78, 5) is 11.7. The summed E-state index contributed by atoms with van der Waals surface area (Å²) < 4.78 is 7.19. The molecule has 0 saturated carbocycles. The number of carbonyl (C=O) groups is 1. The molecule has 1 amide bonds. The van der Waals surface area contributed by atoms with E-state index in [1.54, 1.807) is 10.9 Å². The molecule has 0 radical (unpaired) electrons. The van der Waals surface area contributed by atoms with Gasteiger partial charge in [0.2, 0.25) is 0 Å². The number of hydrogen-bond donors (Lipinski definition) is 1. The van der Waals surface area contributed by atoms with Gasteiger partial charge in [-0.3, -0.25) is 9.48 Å². The van der Waals surface area contributed by atoms with E-state index >= 15 is 0 Å². The summed E-state index contributed by atoms with van der Waals surface area (Å²) in [6, 6.07) is 9.48. The Balaban J connectivity index is 1.79. The van der Waals surface area contributed by atoms with E-state index in [1.807, 2.05) is 44.3 Å². The van der Waals surface area contributed by atoms with Crippen LogP contribution < -0.4 is 10.1 Å². The molecule has 100 valence electrons. The Morgan fingerprint density at radius 1 is 1.37 bits per heavy atom. The van der Waals surface area contributed by atoms with Crippen molar-refractivity contribution in [2.75, 3.05) is 6.61 Å². The molecular weight excluding hydrogens is 242 g/mol. The van der Waals surface area contributed by atoms with Gasteiger partial charge >= 0.3 is 0 Å². The first-order valence-electron chi connectivity index (χ1n) is 6.09. The van der Waals surface area contributed by atoms with Crippen molar-refractivity contribution < 1.29 is 9.53 Å². The van der Waals surface area contributed by atoms with Crippen LogP contribution in [-0.2, 0) is 18.4 Å². The minimum absolute atomic E-state index is 0.0166. The standard InChI is InChI=1S/C14H17N3O2/c1-11-5-3-4-6-13(11)19-10-14(18)15-9-12-7-8-16-17(12)2/h3-8H,9-10H2,1-2H3,(H,15,18). The second-order valence-corrected chi connectivity index (χ2v) is 4.28. The Labute approximate surface area is 112 Å². The third kappa shape index (κ3) is 3.58. The molecule has 0 unspecified atom stereocenters. The quantitative estimate of drug-likeness (QED) is 0.883. The lowest BCUT2D eigenvalue weighted by molar-refractivity contribution is -0.123. The van der Waals surface area contributed by atoms with Gasteiger partial charge in [-0.05, 0) is 24.6 Å². The van der Waals surface area contributed by atoms with Crippen LogP contribution in [0.4, 0.5) is 0 Å². The number of ether oxygens (including phenoxy) is 1. The summed E-state index contributed by atoms with van der Waals surface area (Å²) in [7, 11) is 1.84. The van der Waals surface area contributed by atoms with Gasteiger partial charge in [-0.15, -0.1) is 0 Å². The van der Waals surface area contributed by atoms with Crippen LogP contribution in [0.15, 0.2) is 36.5 Å². The van der Waals surface area contributed by atoms with Gasteiger partial charge in [0.25, 0.3) is 5.91 Å². The van der Waals surface area contributed by atoms with Crippen LogP contribution in [0.2, 0.25) is 0 Å². The molecule has 2 rings (SSSR count). The maximum absolute atomic E-state index is 11.7. The first kappa shape index (κ1) is 13.1. The van der Waals surface area contributed by atoms with Crippen LogP contribution in [0.5, 0.6) is 5.75 Å². The predicted molar refractivity (Wildman–Crippen MR) is 71.7 cm³/mol. The number of aryl methyl sites for hydroxylation is 2. The third-order valence-electron chi connectivity index (χ3n) is 2.84. The molecule has 1 aromatic carbocycles. The molecule has 0 bridgehead atoms. The fraction of sp³-hybridized carbons (Fsp3) is 0.286. The fourth-order valence-corrected chi connectivity index (χ4v) is 1.68. The van der Waals surface area contributed by atoms with E-state index in [9.17, 15) is 4.79 Å². The first-order valence-corrected chi connectivity index (χ1v) is 6.09. The second kappa shape index (κ2) is 6.04. The van der Waals surface area contributed by atoms with E-state index in [0.29, 0.717) is 6.54 Å². The van der Waals surface area contributed by atoms with Crippen molar-refractivity contribution in [1.82, 2.24) is 15.1 Å². The Kier molecular flexibility index (Phi) is 4.18. The van der Waals surface area contributed by atoms with Gasteiger partial charge in [-0.25, -0.2) is 0 Å². The molecule has 0 aliphatic carbocycles. The van der Waals surface area contributed by atoms with Crippen molar-refractivity contribution in [3.63, 3.8) is 0 Å². The van der Waals surface area contributed by atoms with Crippen molar-refractivity contribution in [3.05, 3.63) is 47.8 Å². The van der Waals surface area contributed by atoms with Crippen molar-refractivity contribution in [2.24, 2.45) is 7.05 Å². The Morgan fingerprint density at radius 2 is 2.16 bits per heavy atom. The number of benzene rings is 1. The lowest BCUT2D eigenvalue weighted by atomic mass is 10.2. The zero-order valence-electron chi connectivity index (χ0n) is 11.1. The monoisotopic (exact) mass is 259 g/mol. The minimum atomic E-state index is -0.149. The van der Waals surface area contributed by atoms with Gasteiger partial charge in [-0.1, -0.05) is 18.2 Å². The molecule has 2 aromatic rings. The highest BCUT2D eigenvalue weighted by molar-refractivity contribution is 5.77. The largest absolute Gasteiger partial charge is 0.484 e. The number of hydrogen-bond acceptors (Lipinski definition) is 3. The summed E-state index contributed by atoms with van der Waals surface area (Å²) in [5, 5.41) is 6.82. The van der Waals surface area contributed by atoms with Gasteiger partial charge in [0, 0.05) is 13.2 Å². The zero-order valence-corrected chi connectivity index (χ0v) is 11.1. The molecule has 0 fully saturated rings. The SMILES string of the molecule is Cc1ccccc1OCC(=O)NCc1ccnn1C. The lowest BCUT2D eigenvalue weighted by Gasteiger charge is -2.09. The molecule has 0 saturated heterocycles. The van der Waals surface area contributed by atoms with Crippen molar-refractivity contribution in [2.45, 2.75) is 13.5 Å². The van der Waals surface area contributed by atoms with Crippen LogP contribution in [-0.4, -0.2) is 22.3 Å². The van der Waals surface area contributed by atoms with E-state index in [0.717, 1.165) is 17.0 Å². The van der Waals surface area contributed by atoms with Gasteiger partial charge < -0.3 is 10.1 Å². The molecule has 1 N–H and O–H groups in total. The highest BCUT2D eigenvalue weighted by Crippen LogP contribution is 2.15. The number of amides is 1. The molecule has 0 aliphatic heterocycles. The normalized spacial score (nSPS) is 10.2. The summed E-state index contributed by atoms with van der Waals surface area (Å²) in [5.41, 5.74) is 1.96. The van der Waals surface area contributed by atoms with E-state index in [1.165, 1.54) is 0 Å². The van der Waals surface area contributed by atoms with E-state index in [4.69, 9.17) is 4.74 Å². The summed E-state index contributed by atoms with van der Waals surface area (Å²) in [5.74, 6) is 0.586. The molecule has 5 nitrogen and oxygen atoms in total. The summed E-state index contributed by atoms with van der Waals surface area (Å²) in [6.07, 6.45) is 1.70. The molecule has 5 heteroatoms. The Bertz CT molecular complexity index is 563. The van der Waals surface area contributed by atoms with Crippen molar-refractivity contribution in [1.29, 1.82) is 0 Å². The maximum Gasteiger partial charge on any atom is 0.258 e. The molecule has 0 aliphatic rings. The Morgan fingerprint density at radius 3 is 2.84 bits per heavy atom. The van der Waals surface area contributed by atoms with Crippen LogP contribution >= 0.6 is 0 Å². The van der Waals surface area contributed by atoms with Gasteiger partial charge in [0.1, 0.15) is 5.75 Å². The van der Waals surface area contributed by atoms with E-state index < -0.39 is 0 Å². The Hall–Kier alpha value is -2.30. The highest BCUT2D eigenvalue weighted by Gasteiger charge is 2.05. The minimum Gasteiger partial charge on any atom is -0.484 e. The number of nitrogens with one attached hydrogen (secondary N) is 1. The average Bonchev–Trinajstić information content (AvgIpc) is 2.81.